The molecule has 4 nitrogen and oxygen atoms in total. The maximum atomic E-state index is 14.7. The number of hydrogen-bond donors (Lipinski definition) is 1. The fourth-order valence-corrected chi connectivity index (χ4v) is 3.24. The molecule has 1 atom stereocenters. The average molecular weight is 347 g/mol. The number of pyridine rings is 1. The van der Waals surface area contributed by atoms with Crippen LogP contribution >= 0.6 is 0 Å². The van der Waals surface area contributed by atoms with Crippen molar-refractivity contribution in [2.75, 3.05) is 0 Å². The summed E-state index contributed by atoms with van der Waals surface area (Å²) in [5.74, 6) is -0.352. The van der Waals surface area contributed by atoms with E-state index in [1.807, 2.05) is 55.5 Å². The van der Waals surface area contributed by atoms with Gasteiger partial charge in [0, 0.05) is 40.4 Å². The van der Waals surface area contributed by atoms with Crippen molar-refractivity contribution >= 4 is 11.0 Å². The summed E-state index contributed by atoms with van der Waals surface area (Å²) >= 11 is 0. The predicted molar refractivity (Wildman–Crippen MR) is 99.0 cm³/mol. The van der Waals surface area contributed by atoms with Crippen LogP contribution in [0, 0.1) is 12.7 Å². The summed E-state index contributed by atoms with van der Waals surface area (Å²) in [5, 5.41) is 4.99. The molecule has 2 heterocycles. The second kappa shape index (κ2) is 6.69. The molecule has 0 aliphatic heterocycles. The number of hydrogen-bond acceptors (Lipinski definition) is 4. The van der Waals surface area contributed by atoms with E-state index in [2.05, 4.69) is 10.1 Å². The second-order valence-electron chi connectivity index (χ2n) is 6.31. The predicted octanol–water partition coefficient (Wildman–Crippen LogP) is 4.58. The molecule has 0 bridgehead atoms. The third-order valence-electron chi connectivity index (χ3n) is 4.43. The lowest BCUT2D eigenvalue weighted by molar-refractivity contribution is 0.459. The molecule has 0 aliphatic carbocycles. The maximum absolute atomic E-state index is 14.7. The van der Waals surface area contributed by atoms with Gasteiger partial charge in [0.15, 0.2) is 5.58 Å². The van der Waals surface area contributed by atoms with E-state index in [9.17, 15) is 4.39 Å². The minimum atomic E-state index is -0.545. The lowest BCUT2D eigenvalue weighted by Crippen LogP contribution is -2.17. The van der Waals surface area contributed by atoms with Crippen LogP contribution in [0.4, 0.5) is 4.39 Å². The van der Waals surface area contributed by atoms with Crippen molar-refractivity contribution in [1.29, 1.82) is 0 Å². The number of nitrogens with zero attached hydrogens (tertiary/aromatic N) is 2. The van der Waals surface area contributed by atoms with Crippen molar-refractivity contribution in [3.05, 3.63) is 83.4 Å². The first kappa shape index (κ1) is 16.4. The van der Waals surface area contributed by atoms with Gasteiger partial charge in [0.2, 0.25) is 0 Å². The van der Waals surface area contributed by atoms with Crippen molar-refractivity contribution < 1.29 is 8.91 Å². The van der Waals surface area contributed by atoms with E-state index in [-0.39, 0.29) is 5.82 Å². The van der Waals surface area contributed by atoms with Crippen LogP contribution in [0.2, 0.25) is 0 Å². The van der Waals surface area contributed by atoms with Crippen molar-refractivity contribution in [2.24, 2.45) is 5.73 Å². The van der Waals surface area contributed by atoms with Gasteiger partial charge >= 0.3 is 0 Å². The van der Waals surface area contributed by atoms with Gasteiger partial charge in [-0.25, -0.2) is 4.39 Å². The van der Waals surface area contributed by atoms with Crippen molar-refractivity contribution in [3.8, 4) is 11.3 Å². The summed E-state index contributed by atoms with van der Waals surface area (Å²) in [6, 6.07) is 17.6. The number of para-hydroxylation sites is 1. The van der Waals surface area contributed by atoms with Crippen LogP contribution < -0.4 is 5.73 Å². The summed E-state index contributed by atoms with van der Waals surface area (Å²) in [5.41, 5.74) is 10.5. The van der Waals surface area contributed by atoms with Crippen molar-refractivity contribution in [3.63, 3.8) is 0 Å². The molecule has 1 unspecified atom stereocenters. The molecule has 130 valence electrons. The molecular formula is C21H18FN3O. The smallest absolute Gasteiger partial charge is 0.167 e. The molecule has 5 heteroatoms. The van der Waals surface area contributed by atoms with Gasteiger partial charge in [-0.2, -0.15) is 0 Å². The van der Waals surface area contributed by atoms with Crippen molar-refractivity contribution in [1.82, 2.24) is 10.1 Å². The lowest BCUT2D eigenvalue weighted by Gasteiger charge is -2.16. The molecule has 0 spiro atoms. The van der Waals surface area contributed by atoms with E-state index in [1.54, 1.807) is 6.07 Å². The second-order valence-corrected chi connectivity index (χ2v) is 6.31. The van der Waals surface area contributed by atoms with E-state index in [4.69, 9.17) is 10.3 Å². The standard InChI is InChI=1S/C21H18FN3O/c1-13-6-4-7-14(24-13)12-18(23)20-16(9-5-10-17(20)22)21-15-8-2-3-11-19(15)26-25-21/h2-11,18H,12,23H2,1H3. The monoisotopic (exact) mass is 347 g/mol. The van der Waals surface area contributed by atoms with Gasteiger partial charge in [-0.15, -0.1) is 0 Å². The molecule has 4 rings (SSSR count). The molecule has 4 aromatic rings. The highest BCUT2D eigenvalue weighted by Gasteiger charge is 2.21. The Labute approximate surface area is 150 Å². The summed E-state index contributed by atoms with van der Waals surface area (Å²) in [6.45, 7) is 1.92. The number of aryl methyl sites for hydroxylation is 1. The molecule has 0 radical (unpaired) electrons. The topological polar surface area (TPSA) is 64.9 Å². The quantitative estimate of drug-likeness (QED) is 0.587. The third kappa shape index (κ3) is 2.97. The van der Waals surface area contributed by atoms with Crippen LogP contribution in [0.1, 0.15) is 23.0 Å². The van der Waals surface area contributed by atoms with E-state index in [1.165, 1.54) is 6.07 Å². The van der Waals surface area contributed by atoms with Gasteiger partial charge in [-0.05, 0) is 37.3 Å². The van der Waals surface area contributed by atoms with Gasteiger partial charge in [-0.3, -0.25) is 4.98 Å². The number of fused-ring (bicyclic) bond motifs is 1. The van der Waals surface area contributed by atoms with E-state index in [0.29, 0.717) is 28.8 Å². The van der Waals surface area contributed by atoms with Crippen LogP contribution in [0.25, 0.3) is 22.2 Å². The van der Waals surface area contributed by atoms with Gasteiger partial charge < -0.3 is 10.3 Å². The highest BCUT2D eigenvalue weighted by molar-refractivity contribution is 5.92. The van der Waals surface area contributed by atoms with E-state index < -0.39 is 6.04 Å². The summed E-state index contributed by atoms with van der Waals surface area (Å²) < 4.78 is 20.1. The Morgan fingerprint density at radius 2 is 1.85 bits per heavy atom. The molecule has 26 heavy (non-hydrogen) atoms. The normalized spacial score (nSPS) is 12.4. The Kier molecular flexibility index (Phi) is 4.22. The van der Waals surface area contributed by atoms with Crippen LogP contribution in [-0.2, 0) is 6.42 Å². The summed E-state index contributed by atoms with van der Waals surface area (Å²) in [4.78, 5) is 4.47. The number of halogens is 1. The zero-order valence-corrected chi connectivity index (χ0v) is 14.3. The van der Waals surface area contributed by atoms with Gasteiger partial charge in [0.05, 0.1) is 0 Å². The molecule has 0 saturated heterocycles. The Hall–Kier alpha value is -3.05. The van der Waals surface area contributed by atoms with Crippen LogP contribution in [0.5, 0.6) is 0 Å². The molecule has 2 aromatic carbocycles. The van der Waals surface area contributed by atoms with E-state index >= 15 is 0 Å². The molecule has 0 amide bonds. The first-order valence-electron chi connectivity index (χ1n) is 8.45. The van der Waals surface area contributed by atoms with Gasteiger partial charge in [0.1, 0.15) is 11.5 Å². The van der Waals surface area contributed by atoms with Crippen molar-refractivity contribution in [2.45, 2.75) is 19.4 Å². The highest BCUT2D eigenvalue weighted by Crippen LogP contribution is 2.34. The molecule has 2 N–H and O–H groups in total. The largest absolute Gasteiger partial charge is 0.356 e. The minimum Gasteiger partial charge on any atom is -0.356 e. The lowest BCUT2D eigenvalue weighted by atomic mass is 9.93. The third-order valence-corrected chi connectivity index (χ3v) is 4.43. The Bertz CT molecular complexity index is 1070. The maximum Gasteiger partial charge on any atom is 0.167 e. The zero-order chi connectivity index (χ0) is 18.1. The first-order valence-corrected chi connectivity index (χ1v) is 8.45. The number of rotatable bonds is 4. The van der Waals surface area contributed by atoms with Gasteiger partial charge in [0.25, 0.3) is 0 Å². The first-order chi connectivity index (χ1) is 12.6. The molecular weight excluding hydrogens is 329 g/mol. The SMILES string of the molecule is Cc1cccc(CC(N)c2c(F)cccc2-c2noc3ccccc23)n1. The molecule has 2 aromatic heterocycles. The number of nitrogens with two attached hydrogens (primary N) is 1. The fourth-order valence-electron chi connectivity index (χ4n) is 3.24. The molecule has 0 saturated carbocycles. The van der Waals surface area contributed by atoms with Crippen LogP contribution in [0.15, 0.2) is 65.2 Å². The van der Waals surface area contributed by atoms with Crippen LogP contribution in [0.3, 0.4) is 0 Å². The van der Waals surface area contributed by atoms with Gasteiger partial charge in [-0.1, -0.05) is 35.5 Å². The Morgan fingerprint density at radius 3 is 2.69 bits per heavy atom. The minimum absolute atomic E-state index is 0.352. The number of benzene rings is 2. The Balaban J connectivity index is 1.79. The number of aromatic nitrogens is 2. The molecule has 0 fully saturated rings. The average Bonchev–Trinajstić information content (AvgIpc) is 3.05. The summed E-state index contributed by atoms with van der Waals surface area (Å²) in [7, 11) is 0. The Morgan fingerprint density at radius 1 is 1.04 bits per heavy atom. The van der Waals surface area contributed by atoms with Crippen LogP contribution in [-0.4, -0.2) is 10.1 Å². The van der Waals surface area contributed by atoms with E-state index in [0.717, 1.165) is 16.8 Å². The summed E-state index contributed by atoms with van der Waals surface area (Å²) in [6.07, 6.45) is 0.436. The fraction of sp³-hybridized carbons (Fsp3) is 0.143. The highest BCUT2D eigenvalue weighted by atomic mass is 19.1. The zero-order valence-electron chi connectivity index (χ0n) is 14.3. The molecule has 0 aliphatic rings.